The Morgan fingerprint density at radius 3 is 2.70 bits per heavy atom. The lowest BCUT2D eigenvalue weighted by molar-refractivity contribution is 0.0812. The zero-order valence-corrected chi connectivity index (χ0v) is 19.1. The van der Waals surface area contributed by atoms with Gasteiger partial charge < -0.3 is 9.47 Å². The summed E-state index contributed by atoms with van der Waals surface area (Å²) in [7, 11) is 0.455. The first-order valence-corrected chi connectivity index (χ1v) is 13.9. The van der Waals surface area contributed by atoms with Crippen molar-refractivity contribution in [3.63, 3.8) is 0 Å². The maximum Gasteiger partial charge on any atom is 0.227 e. The van der Waals surface area contributed by atoms with Crippen molar-refractivity contribution in [2.45, 2.75) is 51.2 Å². The van der Waals surface area contributed by atoms with E-state index in [9.17, 15) is 0 Å². The number of methoxy groups -OCH3 is 1. The van der Waals surface area contributed by atoms with Gasteiger partial charge in [-0.15, -0.1) is 0 Å². The molecule has 8 nitrogen and oxygen atoms in total. The van der Waals surface area contributed by atoms with Gasteiger partial charge in [0.05, 0.1) is 23.9 Å². The van der Waals surface area contributed by atoms with Crippen LogP contribution in [0.4, 0.5) is 0 Å². The summed E-state index contributed by atoms with van der Waals surface area (Å²) < 4.78 is 13.2. The fourth-order valence-corrected chi connectivity index (χ4v) is 4.04. The lowest BCUT2D eigenvalue weighted by Gasteiger charge is -2.15. The van der Waals surface area contributed by atoms with Crippen LogP contribution in [0.15, 0.2) is 19.1 Å². The van der Waals surface area contributed by atoms with Crippen molar-refractivity contribution in [1.29, 1.82) is 0 Å². The molecule has 0 amide bonds. The molecule has 158 valence electrons. The molecule has 0 atom stereocenters. The molecule has 4 rings (SSSR count). The van der Waals surface area contributed by atoms with E-state index in [2.05, 4.69) is 46.3 Å². The Bertz CT molecular complexity index is 1070. The van der Waals surface area contributed by atoms with E-state index in [0.717, 1.165) is 41.2 Å². The third-order valence-corrected chi connectivity index (χ3v) is 6.85. The maximum absolute atomic E-state index is 5.92. The Morgan fingerprint density at radius 1 is 1.23 bits per heavy atom. The predicted octanol–water partition coefficient (Wildman–Crippen LogP) is 4.12. The Kier molecular flexibility index (Phi) is 5.66. The summed E-state index contributed by atoms with van der Waals surface area (Å²) in [4.78, 5) is 18.2. The molecule has 9 heteroatoms. The number of fused-ring (bicyclic) bond motifs is 1. The molecule has 1 aliphatic rings. The second kappa shape index (κ2) is 8.23. The van der Waals surface area contributed by atoms with Gasteiger partial charge in [0.1, 0.15) is 18.6 Å². The van der Waals surface area contributed by atoms with Crippen molar-refractivity contribution in [2.24, 2.45) is 0 Å². The molecule has 0 bridgehead atoms. The van der Waals surface area contributed by atoms with Gasteiger partial charge in [0.2, 0.25) is 5.88 Å². The van der Waals surface area contributed by atoms with E-state index in [1.807, 2.05) is 0 Å². The average Bonchev–Trinajstić information content (AvgIpc) is 3.52. The highest BCUT2D eigenvalue weighted by Crippen LogP contribution is 2.44. The van der Waals surface area contributed by atoms with E-state index in [1.54, 1.807) is 30.4 Å². The summed E-state index contributed by atoms with van der Waals surface area (Å²) in [6.07, 6.45) is 7.26. The Hall–Kier alpha value is -2.65. The molecule has 3 heterocycles. The van der Waals surface area contributed by atoms with Crippen LogP contribution in [0, 0.1) is 0 Å². The van der Waals surface area contributed by atoms with Crippen LogP contribution in [-0.2, 0) is 11.5 Å². The third kappa shape index (κ3) is 4.27. The van der Waals surface area contributed by atoms with Crippen molar-refractivity contribution in [2.75, 3.05) is 13.7 Å². The number of ether oxygens (including phenoxy) is 2. The largest absolute Gasteiger partial charge is 0.480 e. The van der Waals surface area contributed by atoms with Crippen LogP contribution in [0.2, 0.25) is 25.7 Å². The van der Waals surface area contributed by atoms with Gasteiger partial charge >= 0.3 is 0 Å². The molecule has 0 radical (unpaired) electrons. The second-order valence-electron chi connectivity index (χ2n) is 8.79. The molecule has 3 aromatic heterocycles. The van der Waals surface area contributed by atoms with Crippen LogP contribution in [0.3, 0.4) is 0 Å². The van der Waals surface area contributed by atoms with Crippen LogP contribution in [0.25, 0.3) is 28.5 Å². The Balaban J connectivity index is 1.71. The monoisotopic (exact) mass is 424 g/mol. The van der Waals surface area contributed by atoms with Gasteiger partial charge in [-0.2, -0.15) is 5.10 Å². The molecule has 1 saturated carbocycles. The number of rotatable bonds is 9. The minimum absolute atomic E-state index is 0.336. The molecule has 0 N–H and O–H groups in total. The SMILES string of the molecule is C=Cc1nn(COCC[Si](C)(C)C)c2nc(-c3c(OC)ncnc3C3CC3)ncc12. The van der Waals surface area contributed by atoms with Crippen LogP contribution < -0.4 is 4.74 Å². The zero-order chi connectivity index (χ0) is 21.3. The lowest BCUT2D eigenvalue weighted by Crippen LogP contribution is -2.22. The highest BCUT2D eigenvalue weighted by Gasteiger charge is 2.31. The smallest absolute Gasteiger partial charge is 0.227 e. The number of aromatic nitrogens is 6. The molecule has 30 heavy (non-hydrogen) atoms. The van der Waals surface area contributed by atoms with Crippen molar-refractivity contribution in [1.82, 2.24) is 29.7 Å². The Morgan fingerprint density at radius 2 is 2.03 bits per heavy atom. The van der Waals surface area contributed by atoms with Crippen molar-refractivity contribution >= 4 is 25.2 Å². The summed E-state index contributed by atoms with van der Waals surface area (Å²) in [6.45, 7) is 11.9. The van der Waals surface area contributed by atoms with E-state index in [0.29, 0.717) is 36.6 Å². The van der Waals surface area contributed by atoms with E-state index >= 15 is 0 Å². The Labute approximate surface area is 177 Å². The summed E-state index contributed by atoms with van der Waals surface area (Å²) in [5.41, 5.74) is 3.15. The fourth-order valence-electron chi connectivity index (χ4n) is 3.29. The second-order valence-corrected chi connectivity index (χ2v) is 14.4. The van der Waals surface area contributed by atoms with Crippen molar-refractivity contribution in [3.8, 4) is 17.3 Å². The van der Waals surface area contributed by atoms with Gasteiger partial charge in [0, 0.05) is 26.8 Å². The zero-order valence-electron chi connectivity index (χ0n) is 18.1. The topological polar surface area (TPSA) is 87.8 Å². The van der Waals surface area contributed by atoms with Gasteiger partial charge in [-0.1, -0.05) is 26.2 Å². The normalized spacial score (nSPS) is 14.3. The van der Waals surface area contributed by atoms with Crippen molar-refractivity contribution < 1.29 is 9.47 Å². The van der Waals surface area contributed by atoms with Crippen LogP contribution in [0.1, 0.15) is 30.1 Å². The molecular weight excluding hydrogens is 396 g/mol. The van der Waals surface area contributed by atoms with Crippen LogP contribution >= 0.6 is 0 Å². The fraction of sp³-hybridized carbons (Fsp3) is 0.476. The van der Waals surface area contributed by atoms with Gasteiger partial charge in [0.15, 0.2) is 11.5 Å². The van der Waals surface area contributed by atoms with Crippen LogP contribution in [0.5, 0.6) is 5.88 Å². The number of hydrogen-bond acceptors (Lipinski definition) is 7. The highest BCUT2D eigenvalue weighted by atomic mass is 28.3. The molecule has 1 fully saturated rings. The first kappa shape index (κ1) is 20.6. The lowest BCUT2D eigenvalue weighted by atomic mass is 10.1. The summed E-state index contributed by atoms with van der Waals surface area (Å²) in [5, 5.41) is 5.45. The molecule has 0 aromatic carbocycles. The summed E-state index contributed by atoms with van der Waals surface area (Å²) in [6, 6.07) is 1.10. The van der Waals surface area contributed by atoms with E-state index in [4.69, 9.17) is 14.5 Å². The highest BCUT2D eigenvalue weighted by molar-refractivity contribution is 6.76. The van der Waals surface area contributed by atoms with Crippen molar-refractivity contribution in [3.05, 3.63) is 30.5 Å². The van der Waals surface area contributed by atoms with Gasteiger partial charge in [-0.05, 0) is 25.0 Å². The molecular formula is C21H28N6O2Si. The molecule has 3 aromatic rings. The van der Waals surface area contributed by atoms with Gasteiger partial charge in [0.25, 0.3) is 0 Å². The van der Waals surface area contributed by atoms with E-state index in [1.165, 1.54) is 0 Å². The minimum Gasteiger partial charge on any atom is -0.480 e. The van der Waals surface area contributed by atoms with E-state index < -0.39 is 8.07 Å². The number of hydrogen-bond donors (Lipinski definition) is 0. The minimum atomic E-state index is -1.15. The molecule has 0 spiro atoms. The van der Waals surface area contributed by atoms with E-state index in [-0.39, 0.29) is 0 Å². The first-order valence-electron chi connectivity index (χ1n) is 10.2. The third-order valence-electron chi connectivity index (χ3n) is 5.14. The summed E-state index contributed by atoms with van der Waals surface area (Å²) >= 11 is 0. The quantitative estimate of drug-likeness (QED) is 0.377. The van der Waals surface area contributed by atoms with Crippen LogP contribution in [-0.4, -0.2) is 51.5 Å². The van der Waals surface area contributed by atoms with Gasteiger partial charge in [-0.3, -0.25) is 0 Å². The molecule has 0 unspecified atom stereocenters. The molecule has 1 aliphatic carbocycles. The standard InChI is InChI=1S/C21H28N6O2Si/c1-6-16-15-11-22-19(17-18(14-7-8-14)23-12-24-21(17)28-2)25-20(15)27(26-16)13-29-9-10-30(3,4)5/h6,11-12,14H,1,7-10,13H2,2-5H3. The average molecular weight is 425 g/mol. The molecule has 0 aliphatic heterocycles. The predicted molar refractivity (Wildman–Crippen MR) is 119 cm³/mol. The van der Waals surface area contributed by atoms with Gasteiger partial charge in [-0.25, -0.2) is 24.6 Å². The summed E-state index contributed by atoms with van der Waals surface area (Å²) in [5.74, 6) is 1.45. The number of nitrogens with zero attached hydrogens (tertiary/aromatic N) is 6. The maximum atomic E-state index is 5.92. The first-order chi connectivity index (χ1) is 14.4. The molecule has 0 saturated heterocycles.